The molecule has 4 heteroatoms. The van der Waals surface area contributed by atoms with E-state index in [1.165, 1.54) is 4.88 Å². The van der Waals surface area contributed by atoms with E-state index in [2.05, 4.69) is 33.9 Å². The number of anilines is 1. The summed E-state index contributed by atoms with van der Waals surface area (Å²) in [6.07, 6.45) is 0.964. The van der Waals surface area contributed by atoms with Gasteiger partial charge in [0.2, 0.25) is 0 Å². The van der Waals surface area contributed by atoms with Crippen LogP contribution >= 0.6 is 27.3 Å². The van der Waals surface area contributed by atoms with Crippen molar-refractivity contribution in [2.75, 3.05) is 5.73 Å². The Bertz CT molecular complexity index is 479. The minimum atomic E-state index is 0.637. The molecule has 0 fully saturated rings. The van der Waals surface area contributed by atoms with Gasteiger partial charge in [0.15, 0.2) is 5.13 Å². The van der Waals surface area contributed by atoms with Gasteiger partial charge in [-0.2, -0.15) is 0 Å². The van der Waals surface area contributed by atoms with Crippen LogP contribution in [0.2, 0.25) is 0 Å². The Morgan fingerprint density at radius 1 is 1.40 bits per heavy atom. The van der Waals surface area contributed by atoms with Gasteiger partial charge in [0.05, 0.1) is 5.69 Å². The van der Waals surface area contributed by atoms with Crippen LogP contribution in [0.4, 0.5) is 5.13 Å². The standard InChI is InChI=1S/C11H11BrN2S/c1-2-9-10(14-11(13)15-9)7-5-3-4-6-8(7)12/h3-6H,2H2,1H3,(H2,13,14). The SMILES string of the molecule is CCc1sc(N)nc1-c1ccccc1Br. The third-order valence-corrected chi connectivity index (χ3v) is 3.88. The zero-order valence-electron chi connectivity index (χ0n) is 8.33. The maximum Gasteiger partial charge on any atom is 0.180 e. The number of nitrogens with two attached hydrogens (primary N) is 1. The van der Waals surface area contributed by atoms with Gasteiger partial charge in [-0.15, -0.1) is 11.3 Å². The van der Waals surface area contributed by atoms with Gasteiger partial charge in [0, 0.05) is 14.9 Å². The maximum atomic E-state index is 5.73. The van der Waals surface area contributed by atoms with Gasteiger partial charge in [0.1, 0.15) is 0 Å². The molecule has 0 aliphatic rings. The summed E-state index contributed by atoms with van der Waals surface area (Å²) in [5.74, 6) is 0. The van der Waals surface area contributed by atoms with Crippen LogP contribution in [0.15, 0.2) is 28.7 Å². The molecule has 1 heterocycles. The van der Waals surface area contributed by atoms with E-state index in [4.69, 9.17) is 5.73 Å². The molecule has 0 aliphatic carbocycles. The highest BCUT2D eigenvalue weighted by atomic mass is 79.9. The summed E-state index contributed by atoms with van der Waals surface area (Å²) in [5, 5.41) is 0.637. The van der Waals surface area contributed by atoms with Gasteiger partial charge in [-0.1, -0.05) is 41.1 Å². The van der Waals surface area contributed by atoms with E-state index >= 15 is 0 Å². The molecular formula is C11H11BrN2S. The predicted octanol–water partition coefficient (Wildman–Crippen LogP) is 3.72. The molecule has 2 N–H and O–H groups in total. The lowest BCUT2D eigenvalue weighted by atomic mass is 10.1. The zero-order chi connectivity index (χ0) is 10.8. The Kier molecular flexibility index (Phi) is 3.07. The average molecular weight is 283 g/mol. The number of halogens is 1. The molecule has 0 aliphatic heterocycles. The van der Waals surface area contributed by atoms with Crippen LogP contribution in [0, 0.1) is 0 Å². The van der Waals surface area contributed by atoms with Gasteiger partial charge in [0.25, 0.3) is 0 Å². The number of thiazole rings is 1. The molecule has 2 nitrogen and oxygen atoms in total. The minimum absolute atomic E-state index is 0.637. The summed E-state index contributed by atoms with van der Waals surface area (Å²) >= 11 is 5.09. The quantitative estimate of drug-likeness (QED) is 0.912. The Hall–Kier alpha value is -0.870. The van der Waals surface area contributed by atoms with Crippen molar-refractivity contribution < 1.29 is 0 Å². The number of nitrogen functional groups attached to an aromatic ring is 1. The molecule has 0 saturated carbocycles. The second-order valence-electron chi connectivity index (χ2n) is 3.16. The molecule has 1 aromatic carbocycles. The van der Waals surface area contributed by atoms with Crippen molar-refractivity contribution in [2.24, 2.45) is 0 Å². The van der Waals surface area contributed by atoms with Crippen molar-refractivity contribution >= 4 is 32.4 Å². The summed E-state index contributed by atoms with van der Waals surface area (Å²) in [6.45, 7) is 2.12. The molecule has 0 saturated heterocycles. The molecule has 0 bridgehead atoms. The number of rotatable bonds is 2. The summed E-state index contributed by atoms with van der Waals surface area (Å²) < 4.78 is 1.06. The molecule has 1 aromatic heterocycles. The second-order valence-corrected chi connectivity index (χ2v) is 5.13. The van der Waals surface area contributed by atoms with E-state index in [0.29, 0.717) is 5.13 Å². The predicted molar refractivity (Wildman–Crippen MR) is 69.0 cm³/mol. The number of benzene rings is 1. The van der Waals surface area contributed by atoms with E-state index in [0.717, 1.165) is 22.2 Å². The van der Waals surface area contributed by atoms with E-state index in [1.807, 2.05) is 18.2 Å². The molecule has 2 aromatic rings. The minimum Gasteiger partial charge on any atom is -0.375 e. The van der Waals surface area contributed by atoms with Crippen LogP contribution in [-0.2, 0) is 6.42 Å². The van der Waals surface area contributed by atoms with Crippen molar-refractivity contribution in [1.82, 2.24) is 4.98 Å². The molecule has 0 spiro atoms. The lowest BCUT2D eigenvalue weighted by molar-refractivity contribution is 1.17. The van der Waals surface area contributed by atoms with E-state index < -0.39 is 0 Å². The average Bonchev–Trinajstić information content (AvgIpc) is 2.60. The van der Waals surface area contributed by atoms with Crippen molar-refractivity contribution in [3.05, 3.63) is 33.6 Å². The Balaban J connectivity index is 2.58. The van der Waals surface area contributed by atoms with Crippen LogP contribution in [0.1, 0.15) is 11.8 Å². The monoisotopic (exact) mass is 282 g/mol. The topological polar surface area (TPSA) is 38.9 Å². The Labute approximate surface area is 101 Å². The summed E-state index contributed by atoms with van der Waals surface area (Å²) in [5.41, 5.74) is 7.85. The zero-order valence-corrected chi connectivity index (χ0v) is 10.7. The van der Waals surface area contributed by atoms with Crippen LogP contribution in [0.3, 0.4) is 0 Å². The van der Waals surface area contributed by atoms with Gasteiger partial charge in [-0.3, -0.25) is 0 Å². The fraction of sp³-hybridized carbons (Fsp3) is 0.182. The fourth-order valence-electron chi connectivity index (χ4n) is 1.47. The highest BCUT2D eigenvalue weighted by molar-refractivity contribution is 9.10. The van der Waals surface area contributed by atoms with Crippen LogP contribution in [-0.4, -0.2) is 4.98 Å². The van der Waals surface area contributed by atoms with Crippen molar-refractivity contribution in [2.45, 2.75) is 13.3 Å². The summed E-state index contributed by atoms with van der Waals surface area (Å²) in [6, 6.07) is 8.08. The lowest BCUT2D eigenvalue weighted by Crippen LogP contribution is -1.86. The van der Waals surface area contributed by atoms with Crippen molar-refractivity contribution in [1.29, 1.82) is 0 Å². The third-order valence-electron chi connectivity index (χ3n) is 2.16. The number of aryl methyl sites for hydroxylation is 1. The van der Waals surface area contributed by atoms with Gasteiger partial charge < -0.3 is 5.73 Å². The largest absolute Gasteiger partial charge is 0.375 e. The number of nitrogens with zero attached hydrogens (tertiary/aromatic N) is 1. The first-order valence-corrected chi connectivity index (χ1v) is 6.33. The van der Waals surface area contributed by atoms with Crippen molar-refractivity contribution in [3.8, 4) is 11.3 Å². The molecule has 0 amide bonds. The van der Waals surface area contributed by atoms with Crippen LogP contribution in [0.5, 0.6) is 0 Å². The van der Waals surface area contributed by atoms with Gasteiger partial charge in [-0.05, 0) is 12.5 Å². The fourth-order valence-corrected chi connectivity index (χ4v) is 2.73. The van der Waals surface area contributed by atoms with Gasteiger partial charge >= 0.3 is 0 Å². The Morgan fingerprint density at radius 3 is 2.80 bits per heavy atom. The van der Waals surface area contributed by atoms with E-state index in [1.54, 1.807) is 11.3 Å². The van der Waals surface area contributed by atoms with Gasteiger partial charge in [-0.25, -0.2) is 4.98 Å². The third kappa shape index (κ3) is 2.06. The smallest absolute Gasteiger partial charge is 0.180 e. The van der Waals surface area contributed by atoms with Crippen LogP contribution in [0.25, 0.3) is 11.3 Å². The molecule has 0 unspecified atom stereocenters. The number of hydrogen-bond donors (Lipinski definition) is 1. The maximum absolute atomic E-state index is 5.73. The van der Waals surface area contributed by atoms with E-state index in [-0.39, 0.29) is 0 Å². The highest BCUT2D eigenvalue weighted by Crippen LogP contribution is 2.34. The molecule has 78 valence electrons. The molecule has 0 atom stereocenters. The van der Waals surface area contributed by atoms with Crippen molar-refractivity contribution in [3.63, 3.8) is 0 Å². The first kappa shape index (κ1) is 10.6. The molecule has 0 radical (unpaired) electrons. The number of aromatic nitrogens is 1. The first-order valence-electron chi connectivity index (χ1n) is 4.72. The number of hydrogen-bond acceptors (Lipinski definition) is 3. The molecule has 2 rings (SSSR count). The first-order chi connectivity index (χ1) is 7.22. The second kappa shape index (κ2) is 4.33. The normalized spacial score (nSPS) is 10.5. The van der Waals surface area contributed by atoms with Crippen LogP contribution < -0.4 is 5.73 Å². The summed E-state index contributed by atoms with van der Waals surface area (Å²) in [7, 11) is 0. The highest BCUT2D eigenvalue weighted by Gasteiger charge is 2.12. The lowest BCUT2D eigenvalue weighted by Gasteiger charge is -2.02. The summed E-state index contributed by atoms with van der Waals surface area (Å²) in [4.78, 5) is 5.61. The van der Waals surface area contributed by atoms with E-state index in [9.17, 15) is 0 Å². The molecular weight excluding hydrogens is 272 g/mol. The molecule has 15 heavy (non-hydrogen) atoms. The Morgan fingerprint density at radius 2 is 2.13 bits per heavy atom.